The van der Waals surface area contributed by atoms with E-state index < -0.39 is 0 Å². The average Bonchev–Trinajstić information content (AvgIpc) is 2.25. The zero-order chi connectivity index (χ0) is 9.35. The molecule has 1 atom stereocenters. The van der Waals surface area contributed by atoms with Crippen molar-refractivity contribution in [1.82, 2.24) is 4.90 Å². The fourth-order valence-electron chi connectivity index (χ4n) is 1.61. The fraction of sp³-hybridized carbons (Fsp3) is 0.889. The van der Waals surface area contributed by atoms with Gasteiger partial charge in [-0.3, -0.25) is 4.79 Å². The van der Waals surface area contributed by atoms with E-state index in [2.05, 4.69) is 20.8 Å². The maximum absolute atomic E-state index is 11.2. The summed E-state index contributed by atoms with van der Waals surface area (Å²) in [6.45, 7) is 8.43. The highest BCUT2D eigenvalue weighted by atomic mass is 16.2. The Labute approximate surface area is 73.9 Å². The molecule has 3 heteroatoms. The summed E-state index contributed by atoms with van der Waals surface area (Å²) >= 11 is 0. The molecule has 70 valence electrons. The van der Waals surface area contributed by atoms with Gasteiger partial charge in [-0.15, -0.1) is 0 Å². The van der Waals surface area contributed by atoms with Gasteiger partial charge in [0.05, 0.1) is 6.54 Å². The molecule has 1 aliphatic heterocycles. The summed E-state index contributed by atoms with van der Waals surface area (Å²) in [5.41, 5.74) is 5.55. The van der Waals surface area contributed by atoms with Crippen LogP contribution in [-0.4, -0.2) is 30.4 Å². The summed E-state index contributed by atoms with van der Waals surface area (Å²) in [6.07, 6.45) is 0. The second-order valence-electron chi connectivity index (χ2n) is 4.37. The Morgan fingerprint density at radius 3 is 2.58 bits per heavy atom. The Morgan fingerprint density at radius 2 is 2.25 bits per heavy atom. The fourth-order valence-corrected chi connectivity index (χ4v) is 1.61. The normalized spacial score (nSPS) is 27.7. The molecule has 0 radical (unpaired) electrons. The predicted octanol–water partition coefficient (Wildman–Crippen LogP) is 0.450. The van der Waals surface area contributed by atoms with Crippen molar-refractivity contribution in [2.24, 2.45) is 17.1 Å². The molecule has 3 nitrogen and oxygen atoms in total. The Bertz CT molecular complexity index is 189. The highest BCUT2D eigenvalue weighted by Crippen LogP contribution is 2.34. The molecule has 2 N–H and O–H groups in total. The van der Waals surface area contributed by atoms with E-state index in [1.54, 1.807) is 0 Å². The van der Waals surface area contributed by atoms with Crippen LogP contribution in [0, 0.1) is 11.3 Å². The molecule has 1 aliphatic rings. The standard InChI is InChI=1S/C9H18N2O/c1-7-5-11(8(12)4-10)6-9(7,2)3/h7H,4-6,10H2,1-3H3. The lowest BCUT2D eigenvalue weighted by Gasteiger charge is -2.21. The smallest absolute Gasteiger partial charge is 0.236 e. The van der Waals surface area contributed by atoms with Gasteiger partial charge in [-0.25, -0.2) is 0 Å². The maximum atomic E-state index is 11.2. The molecule has 0 aliphatic carbocycles. The number of nitrogens with zero attached hydrogens (tertiary/aromatic N) is 1. The van der Waals surface area contributed by atoms with Crippen molar-refractivity contribution in [3.8, 4) is 0 Å². The zero-order valence-electron chi connectivity index (χ0n) is 8.13. The molecule has 0 saturated carbocycles. The van der Waals surface area contributed by atoms with Gasteiger partial charge in [0.2, 0.25) is 5.91 Å². The lowest BCUT2D eigenvalue weighted by atomic mass is 9.84. The molecule has 0 aromatic heterocycles. The molecule has 1 unspecified atom stereocenters. The topological polar surface area (TPSA) is 46.3 Å². The van der Waals surface area contributed by atoms with E-state index in [9.17, 15) is 4.79 Å². The van der Waals surface area contributed by atoms with Gasteiger partial charge in [-0.05, 0) is 11.3 Å². The molecule has 0 spiro atoms. The van der Waals surface area contributed by atoms with E-state index in [-0.39, 0.29) is 17.9 Å². The van der Waals surface area contributed by atoms with Crippen molar-refractivity contribution < 1.29 is 4.79 Å². The first-order valence-electron chi connectivity index (χ1n) is 4.45. The Balaban J connectivity index is 2.60. The lowest BCUT2D eigenvalue weighted by molar-refractivity contribution is -0.129. The van der Waals surface area contributed by atoms with E-state index in [1.807, 2.05) is 4.90 Å². The number of carbonyl (C=O) groups excluding carboxylic acids is 1. The van der Waals surface area contributed by atoms with Gasteiger partial charge in [0.1, 0.15) is 0 Å². The van der Waals surface area contributed by atoms with E-state index in [0.29, 0.717) is 5.92 Å². The minimum Gasteiger partial charge on any atom is -0.341 e. The minimum atomic E-state index is 0.0763. The van der Waals surface area contributed by atoms with Crippen LogP contribution < -0.4 is 5.73 Å². The van der Waals surface area contributed by atoms with Crippen LogP contribution in [0.15, 0.2) is 0 Å². The number of hydrogen-bond acceptors (Lipinski definition) is 2. The van der Waals surface area contributed by atoms with Gasteiger partial charge in [-0.1, -0.05) is 20.8 Å². The summed E-state index contributed by atoms with van der Waals surface area (Å²) in [4.78, 5) is 13.1. The Kier molecular flexibility index (Phi) is 2.42. The van der Waals surface area contributed by atoms with Gasteiger partial charge in [-0.2, -0.15) is 0 Å². The largest absolute Gasteiger partial charge is 0.341 e. The van der Waals surface area contributed by atoms with Crippen LogP contribution in [0.3, 0.4) is 0 Å². The molecule has 1 heterocycles. The lowest BCUT2D eigenvalue weighted by Crippen LogP contribution is -2.35. The van der Waals surface area contributed by atoms with Crippen molar-refractivity contribution in [1.29, 1.82) is 0 Å². The second-order valence-corrected chi connectivity index (χ2v) is 4.37. The Morgan fingerprint density at radius 1 is 1.67 bits per heavy atom. The van der Waals surface area contributed by atoms with Crippen LogP contribution in [0.5, 0.6) is 0 Å². The first-order chi connectivity index (χ1) is 5.47. The predicted molar refractivity (Wildman–Crippen MR) is 48.6 cm³/mol. The molecular formula is C9H18N2O. The van der Waals surface area contributed by atoms with Crippen LogP contribution in [-0.2, 0) is 4.79 Å². The first-order valence-corrected chi connectivity index (χ1v) is 4.45. The number of carbonyl (C=O) groups is 1. The molecule has 12 heavy (non-hydrogen) atoms. The minimum absolute atomic E-state index is 0.0763. The van der Waals surface area contributed by atoms with Crippen LogP contribution >= 0.6 is 0 Å². The van der Waals surface area contributed by atoms with Gasteiger partial charge in [0, 0.05) is 13.1 Å². The molecule has 0 bridgehead atoms. The number of hydrogen-bond donors (Lipinski definition) is 1. The van der Waals surface area contributed by atoms with Crippen LogP contribution in [0.4, 0.5) is 0 Å². The van der Waals surface area contributed by atoms with Crippen molar-refractivity contribution in [2.45, 2.75) is 20.8 Å². The van der Waals surface area contributed by atoms with Gasteiger partial charge >= 0.3 is 0 Å². The third kappa shape index (κ3) is 1.61. The number of nitrogens with two attached hydrogens (primary N) is 1. The molecule has 0 aromatic rings. The summed E-state index contributed by atoms with van der Waals surface area (Å²) in [5.74, 6) is 0.653. The molecule has 1 amide bonds. The zero-order valence-corrected chi connectivity index (χ0v) is 8.13. The number of amides is 1. The van der Waals surface area contributed by atoms with E-state index >= 15 is 0 Å². The summed E-state index contributed by atoms with van der Waals surface area (Å²) in [5, 5.41) is 0. The van der Waals surface area contributed by atoms with Crippen LogP contribution in [0.1, 0.15) is 20.8 Å². The van der Waals surface area contributed by atoms with Gasteiger partial charge < -0.3 is 10.6 Å². The van der Waals surface area contributed by atoms with Crippen LogP contribution in [0.25, 0.3) is 0 Å². The molecule has 1 fully saturated rings. The maximum Gasteiger partial charge on any atom is 0.236 e. The van der Waals surface area contributed by atoms with E-state index in [4.69, 9.17) is 5.73 Å². The first kappa shape index (κ1) is 9.52. The van der Waals surface area contributed by atoms with E-state index in [1.165, 1.54) is 0 Å². The van der Waals surface area contributed by atoms with Crippen LogP contribution in [0.2, 0.25) is 0 Å². The summed E-state index contributed by atoms with van der Waals surface area (Å²) < 4.78 is 0. The Hall–Kier alpha value is -0.570. The molecular weight excluding hydrogens is 152 g/mol. The van der Waals surface area contributed by atoms with Crippen molar-refractivity contribution in [2.75, 3.05) is 19.6 Å². The molecule has 1 rings (SSSR count). The van der Waals surface area contributed by atoms with Gasteiger partial charge in [0.15, 0.2) is 0 Å². The number of rotatable bonds is 1. The van der Waals surface area contributed by atoms with Crippen molar-refractivity contribution in [3.05, 3.63) is 0 Å². The summed E-state index contributed by atoms with van der Waals surface area (Å²) in [6, 6.07) is 0. The SMILES string of the molecule is CC1CN(C(=O)CN)CC1(C)C. The quantitative estimate of drug-likeness (QED) is 0.621. The second kappa shape index (κ2) is 3.05. The third-order valence-electron chi connectivity index (χ3n) is 2.95. The molecule has 0 aromatic carbocycles. The van der Waals surface area contributed by atoms with Crippen molar-refractivity contribution in [3.63, 3.8) is 0 Å². The van der Waals surface area contributed by atoms with Gasteiger partial charge in [0.25, 0.3) is 0 Å². The number of likely N-dealkylation sites (tertiary alicyclic amines) is 1. The average molecular weight is 170 g/mol. The monoisotopic (exact) mass is 170 g/mol. The van der Waals surface area contributed by atoms with Crippen molar-refractivity contribution >= 4 is 5.91 Å². The highest BCUT2D eigenvalue weighted by Gasteiger charge is 2.37. The summed E-state index contributed by atoms with van der Waals surface area (Å²) in [7, 11) is 0. The van der Waals surface area contributed by atoms with E-state index in [0.717, 1.165) is 13.1 Å². The molecule has 1 saturated heterocycles. The highest BCUT2D eigenvalue weighted by molar-refractivity contribution is 5.78. The third-order valence-corrected chi connectivity index (χ3v) is 2.95.